The van der Waals surface area contributed by atoms with Crippen molar-refractivity contribution in [2.45, 2.75) is 45.2 Å². The van der Waals surface area contributed by atoms with E-state index in [1.807, 2.05) is 67.6 Å². The van der Waals surface area contributed by atoms with Gasteiger partial charge in [0.1, 0.15) is 19.3 Å². The standard InChI is InChI=1S/C30H33ClN2O4/c1-2-16-32-30(35)26(19-22-6-4-3-5-7-22)33(21-24-8-12-25(31)13-9-24)29(34)15-11-23-10-14-27-28(20-23)37-18-17-36-27/h3-10,12-14,20,26H,2,11,15-19,21H2,1H3,(H,32,35)/t26-/m0/s1. The number of fused-ring (bicyclic) bond motifs is 1. The zero-order valence-corrected chi connectivity index (χ0v) is 21.9. The SMILES string of the molecule is CCCNC(=O)[C@H](Cc1ccccc1)N(Cc1ccc(Cl)cc1)C(=O)CCc1ccc2c(c1)OCCO2. The number of ether oxygens (including phenoxy) is 2. The number of carbonyl (C=O) groups excluding carboxylic acids is 2. The normalized spacial score (nSPS) is 13.0. The van der Waals surface area contributed by atoms with Gasteiger partial charge in [0, 0.05) is 31.0 Å². The second-order valence-electron chi connectivity index (χ2n) is 9.12. The molecule has 0 fully saturated rings. The molecule has 1 atom stereocenters. The smallest absolute Gasteiger partial charge is 0.243 e. The van der Waals surface area contributed by atoms with Crippen LogP contribution in [0.5, 0.6) is 11.5 Å². The Bertz CT molecular complexity index is 1180. The molecule has 1 heterocycles. The Labute approximate surface area is 223 Å². The number of halogens is 1. The average Bonchev–Trinajstić information content (AvgIpc) is 2.93. The van der Waals surface area contributed by atoms with E-state index in [0.29, 0.717) is 49.9 Å². The van der Waals surface area contributed by atoms with Gasteiger partial charge in [-0.1, -0.05) is 67.1 Å². The van der Waals surface area contributed by atoms with Gasteiger partial charge in [0.15, 0.2) is 11.5 Å². The lowest BCUT2D eigenvalue weighted by Gasteiger charge is -2.31. The van der Waals surface area contributed by atoms with E-state index in [0.717, 1.165) is 28.9 Å². The molecule has 7 heteroatoms. The number of hydrogen-bond donors (Lipinski definition) is 1. The van der Waals surface area contributed by atoms with Crippen molar-refractivity contribution in [3.05, 3.63) is 94.5 Å². The van der Waals surface area contributed by atoms with Gasteiger partial charge in [-0.15, -0.1) is 0 Å². The van der Waals surface area contributed by atoms with Crippen LogP contribution in [0.15, 0.2) is 72.8 Å². The zero-order valence-electron chi connectivity index (χ0n) is 21.1. The number of carbonyl (C=O) groups is 2. The molecule has 0 bridgehead atoms. The van der Waals surface area contributed by atoms with Crippen LogP contribution in [0.2, 0.25) is 5.02 Å². The van der Waals surface area contributed by atoms with E-state index < -0.39 is 6.04 Å². The van der Waals surface area contributed by atoms with Gasteiger partial charge in [0.05, 0.1) is 0 Å². The molecule has 0 spiro atoms. The summed E-state index contributed by atoms with van der Waals surface area (Å²) in [4.78, 5) is 28.8. The number of rotatable bonds is 11. The molecule has 0 radical (unpaired) electrons. The molecule has 6 nitrogen and oxygen atoms in total. The molecule has 0 aliphatic carbocycles. The number of benzene rings is 3. The van der Waals surface area contributed by atoms with Gasteiger partial charge in [-0.2, -0.15) is 0 Å². The van der Waals surface area contributed by atoms with Crippen LogP contribution in [0.4, 0.5) is 0 Å². The van der Waals surface area contributed by atoms with Crippen molar-refractivity contribution in [1.82, 2.24) is 10.2 Å². The Kier molecular flexibility index (Phi) is 9.44. The van der Waals surface area contributed by atoms with Crippen LogP contribution in [0.1, 0.15) is 36.5 Å². The summed E-state index contributed by atoms with van der Waals surface area (Å²) in [5, 5.41) is 3.63. The molecular weight excluding hydrogens is 488 g/mol. The molecule has 0 aromatic heterocycles. The fourth-order valence-electron chi connectivity index (χ4n) is 4.34. The number of hydrogen-bond acceptors (Lipinski definition) is 4. The first-order valence-electron chi connectivity index (χ1n) is 12.8. The van der Waals surface area contributed by atoms with Crippen LogP contribution in [0.3, 0.4) is 0 Å². The highest BCUT2D eigenvalue weighted by Crippen LogP contribution is 2.31. The highest BCUT2D eigenvalue weighted by Gasteiger charge is 2.30. The molecule has 0 saturated carbocycles. The molecule has 1 aliphatic rings. The molecule has 4 rings (SSSR count). The summed E-state index contributed by atoms with van der Waals surface area (Å²) in [7, 11) is 0. The van der Waals surface area contributed by atoms with Gasteiger partial charge in [-0.05, 0) is 53.8 Å². The van der Waals surface area contributed by atoms with Crippen LogP contribution in [0.25, 0.3) is 0 Å². The lowest BCUT2D eigenvalue weighted by molar-refractivity contribution is -0.141. The maximum absolute atomic E-state index is 13.8. The zero-order chi connectivity index (χ0) is 26.0. The average molecular weight is 521 g/mol. The first kappa shape index (κ1) is 26.6. The maximum Gasteiger partial charge on any atom is 0.243 e. The summed E-state index contributed by atoms with van der Waals surface area (Å²) in [5.41, 5.74) is 2.90. The predicted molar refractivity (Wildman–Crippen MR) is 145 cm³/mol. The largest absolute Gasteiger partial charge is 0.486 e. The molecule has 3 aromatic rings. The van der Waals surface area contributed by atoms with Crippen molar-refractivity contribution in [2.24, 2.45) is 0 Å². The van der Waals surface area contributed by atoms with Crippen molar-refractivity contribution in [1.29, 1.82) is 0 Å². The number of aryl methyl sites for hydroxylation is 1. The third-order valence-electron chi connectivity index (χ3n) is 6.32. The second-order valence-corrected chi connectivity index (χ2v) is 9.56. The Balaban J connectivity index is 1.57. The van der Waals surface area contributed by atoms with Gasteiger partial charge < -0.3 is 19.7 Å². The summed E-state index contributed by atoms with van der Waals surface area (Å²) in [5.74, 6) is 1.20. The van der Waals surface area contributed by atoms with Crippen LogP contribution in [-0.4, -0.2) is 42.5 Å². The summed E-state index contributed by atoms with van der Waals surface area (Å²) in [6.07, 6.45) is 2.04. The van der Waals surface area contributed by atoms with E-state index in [1.54, 1.807) is 17.0 Å². The summed E-state index contributed by atoms with van der Waals surface area (Å²) in [6, 6.07) is 22.3. The first-order valence-corrected chi connectivity index (χ1v) is 13.2. The number of nitrogens with one attached hydrogen (secondary N) is 1. The van der Waals surface area contributed by atoms with E-state index in [4.69, 9.17) is 21.1 Å². The van der Waals surface area contributed by atoms with Crippen LogP contribution >= 0.6 is 11.6 Å². The van der Waals surface area contributed by atoms with E-state index in [2.05, 4.69) is 5.32 Å². The summed E-state index contributed by atoms with van der Waals surface area (Å²) >= 11 is 6.09. The molecule has 194 valence electrons. The van der Waals surface area contributed by atoms with Crippen molar-refractivity contribution >= 4 is 23.4 Å². The van der Waals surface area contributed by atoms with Crippen molar-refractivity contribution < 1.29 is 19.1 Å². The summed E-state index contributed by atoms with van der Waals surface area (Å²) in [6.45, 7) is 3.93. The molecule has 2 amide bonds. The van der Waals surface area contributed by atoms with Gasteiger partial charge in [0.25, 0.3) is 0 Å². The van der Waals surface area contributed by atoms with Gasteiger partial charge in [0.2, 0.25) is 11.8 Å². The Hall–Kier alpha value is -3.51. The Morgan fingerprint density at radius 2 is 1.62 bits per heavy atom. The van der Waals surface area contributed by atoms with Gasteiger partial charge in [-0.3, -0.25) is 9.59 Å². The third kappa shape index (κ3) is 7.49. The van der Waals surface area contributed by atoms with Gasteiger partial charge in [-0.25, -0.2) is 0 Å². The monoisotopic (exact) mass is 520 g/mol. The lowest BCUT2D eigenvalue weighted by atomic mass is 10.0. The van der Waals surface area contributed by atoms with Crippen LogP contribution in [-0.2, 0) is 29.0 Å². The van der Waals surface area contributed by atoms with E-state index in [-0.39, 0.29) is 18.2 Å². The fourth-order valence-corrected chi connectivity index (χ4v) is 4.47. The topological polar surface area (TPSA) is 67.9 Å². The summed E-state index contributed by atoms with van der Waals surface area (Å²) < 4.78 is 11.3. The van der Waals surface area contributed by atoms with Crippen LogP contribution < -0.4 is 14.8 Å². The Morgan fingerprint density at radius 3 is 2.35 bits per heavy atom. The number of nitrogens with zero attached hydrogens (tertiary/aromatic N) is 1. The van der Waals surface area contributed by atoms with Crippen molar-refractivity contribution in [3.63, 3.8) is 0 Å². The number of amides is 2. The highest BCUT2D eigenvalue weighted by atomic mass is 35.5. The quantitative estimate of drug-likeness (QED) is 0.377. The minimum absolute atomic E-state index is 0.0857. The molecule has 1 N–H and O–H groups in total. The third-order valence-corrected chi connectivity index (χ3v) is 6.57. The highest BCUT2D eigenvalue weighted by molar-refractivity contribution is 6.30. The van der Waals surface area contributed by atoms with Crippen molar-refractivity contribution in [3.8, 4) is 11.5 Å². The molecular formula is C30H33ClN2O4. The van der Waals surface area contributed by atoms with Gasteiger partial charge >= 0.3 is 0 Å². The predicted octanol–water partition coefficient (Wildman–Crippen LogP) is 5.21. The van der Waals surface area contributed by atoms with E-state index in [9.17, 15) is 9.59 Å². The van der Waals surface area contributed by atoms with E-state index in [1.165, 1.54) is 0 Å². The fraction of sp³-hybridized carbons (Fsp3) is 0.333. The minimum Gasteiger partial charge on any atom is -0.486 e. The molecule has 0 unspecified atom stereocenters. The molecule has 37 heavy (non-hydrogen) atoms. The minimum atomic E-state index is -0.641. The molecule has 0 saturated heterocycles. The second kappa shape index (κ2) is 13.2. The first-order chi connectivity index (χ1) is 18.0. The maximum atomic E-state index is 13.8. The molecule has 3 aromatic carbocycles. The Morgan fingerprint density at radius 1 is 0.919 bits per heavy atom. The van der Waals surface area contributed by atoms with E-state index >= 15 is 0 Å². The van der Waals surface area contributed by atoms with Crippen molar-refractivity contribution in [2.75, 3.05) is 19.8 Å². The molecule has 1 aliphatic heterocycles. The lowest BCUT2D eigenvalue weighted by Crippen LogP contribution is -2.50. The van der Waals surface area contributed by atoms with Crippen LogP contribution in [0, 0.1) is 0 Å².